The fraction of sp³-hybridized carbons (Fsp3) is 0.360. The zero-order valence-corrected chi connectivity index (χ0v) is 19.0. The molecular formula is C25H29NO6. The number of benzene rings is 2. The van der Waals surface area contributed by atoms with Crippen LogP contribution in [0.1, 0.15) is 38.8 Å². The molecule has 32 heavy (non-hydrogen) atoms. The third-order valence-electron chi connectivity index (χ3n) is 5.26. The van der Waals surface area contributed by atoms with Gasteiger partial charge in [0, 0.05) is 12.1 Å². The Balaban J connectivity index is 2.16. The first-order chi connectivity index (χ1) is 15.3. The second kappa shape index (κ2) is 9.77. The van der Waals surface area contributed by atoms with E-state index < -0.39 is 17.7 Å². The van der Waals surface area contributed by atoms with Crippen LogP contribution in [0, 0.1) is 5.92 Å². The number of aliphatic hydroxyl groups excluding tert-OH is 1. The molecule has 0 spiro atoms. The maximum Gasteiger partial charge on any atom is 0.294 e. The van der Waals surface area contributed by atoms with Crippen molar-refractivity contribution in [3.8, 4) is 17.2 Å². The molecule has 0 bridgehead atoms. The summed E-state index contributed by atoms with van der Waals surface area (Å²) in [5.74, 6) is 0.333. The van der Waals surface area contributed by atoms with E-state index in [0.717, 1.165) is 0 Å². The van der Waals surface area contributed by atoms with Gasteiger partial charge in [-0.1, -0.05) is 19.9 Å². The SMILES string of the molecule is CCOc1cc(C2C(C(=O)CC(C)C)=C(O)C(=O)N2c2ccc(OC)cc2)ccc1OC. The molecule has 0 saturated carbocycles. The van der Waals surface area contributed by atoms with E-state index in [-0.39, 0.29) is 23.7 Å². The minimum absolute atomic E-state index is 0.0726. The number of ketones is 1. The van der Waals surface area contributed by atoms with E-state index in [0.29, 0.717) is 35.1 Å². The van der Waals surface area contributed by atoms with E-state index in [9.17, 15) is 14.7 Å². The number of methoxy groups -OCH3 is 2. The number of carbonyl (C=O) groups excluding carboxylic acids is 2. The van der Waals surface area contributed by atoms with Gasteiger partial charge in [0.2, 0.25) is 0 Å². The number of hydrogen-bond donors (Lipinski definition) is 1. The zero-order chi connectivity index (χ0) is 23.4. The molecule has 1 N–H and O–H groups in total. The van der Waals surface area contributed by atoms with Crippen LogP contribution in [-0.4, -0.2) is 37.6 Å². The van der Waals surface area contributed by atoms with E-state index in [4.69, 9.17) is 14.2 Å². The van der Waals surface area contributed by atoms with Gasteiger partial charge in [0.15, 0.2) is 23.0 Å². The van der Waals surface area contributed by atoms with Crippen LogP contribution in [0.5, 0.6) is 17.2 Å². The van der Waals surface area contributed by atoms with Crippen molar-refractivity contribution in [2.45, 2.75) is 33.2 Å². The number of aliphatic hydroxyl groups is 1. The van der Waals surface area contributed by atoms with E-state index in [2.05, 4.69) is 0 Å². The minimum Gasteiger partial charge on any atom is -0.503 e. The number of anilines is 1. The molecule has 1 heterocycles. The third kappa shape index (κ3) is 4.42. The fourth-order valence-electron chi connectivity index (χ4n) is 3.83. The van der Waals surface area contributed by atoms with Crippen LogP contribution in [0.4, 0.5) is 5.69 Å². The first-order valence-electron chi connectivity index (χ1n) is 10.6. The number of nitrogens with zero attached hydrogens (tertiary/aromatic N) is 1. The summed E-state index contributed by atoms with van der Waals surface area (Å²) in [6.07, 6.45) is 0.216. The number of hydrogen-bond acceptors (Lipinski definition) is 6. The Hall–Kier alpha value is -3.48. The summed E-state index contributed by atoms with van der Waals surface area (Å²) in [5, 5.41) is 10.8. The molecule has 7 nitrogen and oxygen atoms in total. The molecule has 0 aliphatic carbocycles. The zero-order valence-electron chi connectivity index (χ0n) is 19.0. The lowest BCUT2D eigenvalue weighted by Crippen LogP contribution is -2.31. The highest BCUT2D eigenvalue weighted by Crippen LogP contribution is 2.44. The highest BCUT2D eigenvalue weighted by Gasteiger charge is 2.44. The molecular weight excluding hydrogens is 410 g/mol. The summed E-state index contributed by atoms with van der Waals surface area (Å²) in [6, 6.07) is 11.4. The number of amides is 1. The van der Waals surface area contributed by atoms with Crippen molar-refractivity contribution in [3.63, 3.8) is 0 Å². The first kappa shape index (κ1) is 23.2. The summed E-state index contributed by atoms with van der Waals surface area (Å²) in [6.45, 7) is 6.12. The lowest BCUT2D eigenvalue weighted by Gasteiger charge is -2.28. The monoisotopic (exact) mass is 439 g/mol. The number of rotatable bonds is 9. The fourth-order valence-corrected chi connectivity index (χ4v) is 3.83. The Morgan fingerprint density at radius 3 is 2.31 bits per heavy atom. The third-order valence-corrected chi connectivity index (χ3v) is 5.26. The Morgan fingerprint density at radius 1 is 1.06 bits per heavy atom. The molecule has 2 aromatic carbocycles. The summed E-state index contributed by atoms with van der Waals surface area (Å²) in [7, 11) is 3.10. The van der Waals surface area contributed by atoms with E-state index in [1.165, 1.54) is 4.90 Å². The standard InChI is InChI=1S/C25H29NO6/c1-6-32-21-14-16(7-12-20(21)31-5)23-22(19(27)13-15(2)3)24(28)25(29)26(23)17-8-10-18(30-4)11-9-17/h7-12,14-15,23,28H,6,13H2,1-5H3. The van der Waals surface area contributed by atoms with Gasteiger partial charge in [-0.05, 0) is 54.8 Å². The Labute approximate surface area is 188 Å². The van der Waals surface area contributed by atoms with Gasteiger partial charge in [0.1, 0.15) is 5.75 Å². The van der Waals surface area contributed by atoms with E-state index in [1.807, 2.05) is 20.8 Å². The van der Waals surface area contributed by atoms with Crippen LogP contribution in [0.2, 0.25) is 0 Å². The van der Waals surface area contributed by atoms with Crippen molar-refractivity contribution >= 4 is 17.4 Å². The molecule has 1 aliphatic heterocycles. The molecule has 7 heteroatoms. The van der Waals surface area contributed by atoms with Crippen molar-refractivity contribution < 1.29 is 28.9 Å². The molecule has 1 unspecified atom stereocenters. The molecule has 170 valence electrons. The second-order valence-corrected chi connectivity index (χ2v) is 7.90. The quantitative estimate of drug-likeness (QED) is 0.614. The molecule has 0 saturated heterocycles. The largest absolute Gasteiger partial charge is 0.503 e. The summed E-state index contributed by atoms with van der Waals surface area (Å²) in [5.41, 5.74) is 1.26. The number of ether oxygens (including phenoxy) is 3. The van der Waals surface area contributed by atoms with Gasteiger partial charge >= 0.3 is 0 Å². The smallest absolute Gasteiger partial charge is 0.294 e. The van der Waals surface area contributed by atoms with Crippen LogP contribution < -0.4 is 19.1 Å². The molecule has 0 aromatic heterocycles. The summed E-state index contributed by atoms with van der Waals surface area (Å²) < 4.78 is 16.3. The van der Waals surface area contributed by atoms with Crippen LogP contribution in [0.15, 0.2) is 53.8 Å². The minimum atomic E-state index is -0.799. The van der Waals surface area contributed by atoms with Gasteiger partial charge in [-0.2, -0.15) is 0 Å². The molecule has 0 fully saturated rings. The lowest BCUT2D eigenvalue weighted by atomic mass is 9.91. The van der Waals surface area contributed by atoms with Gasteiger partial charge in [-0.25, -0.2) is 0 Å². The van der Waals surface area contributed by atoms with Gasteiger partial charge in [-0.15, -0.1) is 0 Å². The highest BCUT2D eigenvalue weighted by molar-refractivity contribution is 6.16. The predicted molar refractivity (Wildman–Crippen MR) is 122 cm³/mol. The van der Waals surface area contributed by atoms with Crippen molar-refractivity contribution in [2.24, 2.45) is 5.92 Å². The summed E-state index contributed by atoms with van der Waals surface area (Å²) >= 11 is 0. The predicted octanol–water partition coefficient (Wildman–Crippen LogP) is 4.62. The van der Waals surface area contributed by atoms with Crippen LogP contribution in [-0.2, 0) is 9.59 Å². The van der Waals surface area contributed by atoms with Gasteiger partial charge in [-0.3, -0.25) is 14.5 Å². The molecule has 0 radical (unpaired) electrons. The average Bonchev–Trinajstić information content (AvgIpc) is 3.04. The number of carbonyl (C=O) groups is 2. The number of Topliss-reactive ketones (excluding diaryl/α,β-unsaturated/α-hetero) is 1. The first-order valence-corrected chi connectivity index (χ1v) is 10.6. The molecule has 1 amide bonds. The van der Waals surface area contributed by atoms with Gasteiger partial charge < -0.3 is 19.3 Å². The lowest BCUT2D eigenvalue weighted by molar-refractivity contribution is -0.118. The highest BCUT2D eigenvalue weighted by atomic mass is 16.5. The van der Waals surface area contributed by atoms with Gasteiger partial charge in [0.25, 0.3) is 5.91 Å². The molecule has 2 aromatic rings. The second-order valence-electron chi connectivity index (χ2n) is 7.90. The van der Waals surface area contributed by atoms with Crippen molar-refractivity contribution in [1.82, 2.24) is 0 Å². The molecule has 1 atom stereocenters. The molecule has 3 rings (SSSR count). The van der Waals surface area contributed by atoms with Crippen LogP contribution in [0.25, 0.3) is 0 Å². The van der Waals surface area contributed by atoms with Crippen molar-refractivity contribution in [1.29, 1.82) is 0 Å². The molecule has 1 aliphatic rings. The van der Waals surface area contributed by atoms with E-state index >= 15 is 0 Å². The summed E-state index contributed by atoms with van der Waals surface area (Å²) in [4.78, 5) is 27.7. The maximum absolute atomic E-state index is 13.2. The van der Waals surface area contributed by atoms with Crippen molar-refractivity contribution in [3.05, 3.63) is 59.4 Å². The Kier molecular flexibility index (Phi) is 7.08. The van der Waals surface area contributed by atoms with Crippen LogP contribution >= 0.6 is 0 Å². The topological polar surface area (TPSA) is 85.3 Å². The van der Waals surface area contributed by atoms with Gasteiger partial charge in [0.05, 0.1) is 32.4 Å². The Morgan fingerprint density at radius 2 is 1.75 bits per heavy atom. The van der Waals surface area contributed by atoms with E-state index in [1.54, 1.807) is 56.7 Å². The maximum atomic E-state index is 13.2. The Bertz CT molecular complexity index is 1030. The van der Waals surface area contributed by atoms with Crippen LogP contribution in [0.3, 0.4) is 0 Å². The average molecular weight is 440 g/mol. The normalized spacial score (nSPS) is 16.0. The van der Waals surface area contributed by atoms with Crippen molar-refractivity contribution in [2.75, 3.05) is 25.7 Å².